The highest BCUT2D eigenvalue weighted by molar-refractivity contribution is 5.92. The number of benzene rings is 1. The second kappa shape index (κ2) is 7.04. The molecule has 5 heteroatoms. The number of carbonyl (C=O) groups excluding carboxylic acids is 1. The Kier molecular flexibility index (Phi) is 5.11. The van der Waals surface area contributed by atoms with Gasteiger partial charge < -0.3 is 10.6 Å². The topological polar surface area (TPSA) is 64.2 Å². The Balaban J connectivity index is 2.20. The number of rotatable bonds is 6. The van der Waals surface area contributed by atoms with E-state index >= 15 is 0 Å². The molecule has 0 aliphatic rings. The number of amides is 1. The summed E-state index contributed by atoms with van der Waals surface area (Å²) in [5.74, 6) is -0.0287. The first-order valence-electron chi connectivity index (χ1n) is 7.22. The van der Waals surface area contributed by atoms with E-state index in [9.17, 15) is 4.79 Å². The Hall–Kier alpha value is -2.14. The molecule has 2 N–H and O–H groups in total. The lowest BCUT2D eigenvalue weighted by molar-refractivity contribution is 0.0737. The molecule has 0 saturated heterocycles. The molecule has 112 valence electrons. The lowest BCUT2D eigenvalue weighted by Gasteiger charge is -2.22. The second-order valence-corrected chi connectivity index (χ2v) is 5.00. The van der Waals surface area contributed by atoms with Gasteiger partial charge in [-0.2, -0.15) is 5.10 Å². The molecule has 0 aliphatic heterocycles. The lowest BCUT2D eigenvalue weighted by atomic mass is 10.2. The normalized spacial score (nSPS) is 10.6. The molecule has 0 fully saturated rings. The van der Waals surface area contributed by atoms with E-state index in [-0.39, 0.29) is 5.91 Å². The van der Waals surface area contributed by atoms with E-state index in [1.165, 1.54) is 0 Å². The quantitative estimate of drug-likeness (QED) is 0.877. The molecule has 1 heterocycles. The minimum Gasteiger partial charge on any atom is -0.332 e. The molecule has 1 aromatic carbocycles. The molecule has 0 unspecified atom stereocenters. The van der Waals surface area contributed by atoms with Crippen molar-refractivity contribution in [3.8, 4) is 0 Å². The lowest BCUT2D eigenvalue weighted by Crippen LogP contribution is -2.35. The summed E-state index contributed by atoms with van der Waals surface area (Å²) in [5.41, 5.74) is 8.28. The van der Waals surface area contributed by atoms with E-state index in [0.29, 0.717) is 25.3 Å². The maximum atomic E-state index is 12.7. The molecule has 0 saturated carbocycles. The summed E-state index contributed by atoms with van der Waals surface area (Å²) < 4.78 is 1.65. The van der Waals surface area contributed by atoms with Crippen LogP contribution in [0.4, 0.5) is 0 Å². The average molecular weight is 286 g/mol. The van der Waals surface area contributed by atoms with Gasteiger partial charge in [-0.25, -0.2) is 0 Å². The number of carbonyl (C=O) groups is 1. The van der Waals surface area contributed by atoms with Crippen LogP contribution in [-0.2, 0) is 20.0 Å². The Labute approximate surface area is 125 Å². The van der Waals surface area contributed by atoms with E-state index in [0.717, 1.165) is 17.7 Å². The third-order valence-corrected chi connectivity index (χ3v) is 3.41. The van der Waals surface area contributed by atoms with Crippen molar-refractivity contribution in [2.24, 2.45) is 12.8 Å². The molecule has 2 aromatic rings. The second-order valence-electron chi connectivity index (χ2n) is 5.00. The third kappa shape index (κ3) is 3.70. The van der Waals surface area contributed by atoms with Crippen LogP contribution in [0.25, 0.3) is 0 Å². The molecule has 5 nitrogen and oxygen atoms in total. The molecule has 0 aliphatic carbocycles. The molecule has 0 bridgehead atoms. The highest BCUT2D eigenvalue weighted by Crippen LogP contribution is 2.11. The van der Waals surface area contributed by atoms with Crippen LogP contribution in [0, 0.1) is 0 Å². The molecule has 1 aromatic heterocycles. The van der Waals surface area contributed by atoms with Crippen molar-refractivity contribution in [1.29, 1.82) is 0 Å². The Bertz CT molecular complexity index is 592. The van der Waals surface area contributed by atoms with Crippen LogP contribution < -0.4 is 5.73 Å². The van der Waals surface area contributed by atoms with Crippen LogP contribution in [0.3, 0.4) is 0 Å². The van der Waals surface area contributed by atoms with Gasteiger partial charge in [0, 0.05) is 26.7 Å². The maximum absolute atomic E-state index is 12.7. The molecular weight excluding hydrogens is 264 g/mol. The first-order chi connectivity index (χ1) is 10.2. The summed E-state index contributed by atoms with van der Waals surface area (Å²) in [6, 6.07) is 11.8. The molecular formula is C16H22N4O. The zero-order valence-corrected chi connectivity index (χ0v) is 12.6. The Morgan fingerprint density at radius 2 is 2.05 bits per heavy atom. The van der Waals surface area contributed by atoms with Gasteiger partial charge in [0.2, 0.25) is 0 Å². The predicted octanol–water partition coefficient (Wildman–Crippen LogP) is 1.58. The fourth-order valence-corrected chi connectivity index (χ4v) is 2.27. The molecule has 0 atom stereocenters. The number of hydrogen-bond acceptors (Lipinski definition) is 3. The average Bonchev–Trinajstić information content (AvgIpc) is 2.88. The van der Waals surface area contributed by atoms with Crippen molar-refractivity contribution in [2.75, 3.05) is 13.1 Å². The first kappa shape index (κ1) is 15.3. The van der Waals surface area contributed by atoms with Gasteiger partial charge in [-0.1, -0.05) is 37.3 Å². The summed E-state index contributed by atoms with van der Waals surface area (Å²) in [4.78, 5) is 14.5. The van der Waals surface area contributed by atoms with Crippen molar-refractivity contribution in [2.45, 2.75) is 19.9 Å². The van der Waals surface area contributed by atoms with Crippen molar-refractivity contribution < 1.29 is 4.79 Å². The predicted molar refractivity (Wildman–Crippen MR) is 82.8 cm³/mol. The van der Waals surface area contributed by atoms with Gasteiger partial charge in [-0.15, -0.1) is 0 Å². The van der Waals surface area contributed by atoms with Gasteiger partial charge in [0.1, 0.15) is 5.69 Å². The van der Waals surface area contributed by atoms with Crippen molar-refractivity contribution in [1.82, 2.24) is 14.7 Å². The summed E-state index contributed by atoms with van der Waals surface area (Å²) in [6.07, 6.45) is 0.816. The highest BCUT2D eigenvalue weighted by Gasteiger charge is 2.19. The molecule has 2 rings (SSSR count). The van der Waals surface area contributed by atoms with Crippen LogP contribution in [0.1, 0.15) is 28.7 Å². The van der Waals surface area contributed by atoms with Crippen LogP contribution in [0.15, 0.2) is 36.4 Å². The maximum Gasteiger partial charge on any atom is 0.272 e. The SMILES string of the molecule is CCc1cc(C(=O)N(CCN)Cc2ccccc2)n(C)n1. The van der Waals surface area contributed by atoms with E-state index in [2.05, 4.69) is 5.10 Å². The zero-order valence-electron chi connectivity index (χ0n) is 12.6. The third-order valence-electron chi connectivity index (χ3n) is 3.41. The van der Waals surface area contributed by atoms with Gasteiger partial charge in [0.15, 0.2) is 0 Å². The van der Waals surface area contributed by atoms with Gasteiger partial charge in [0.05, 0.1) is 5.69 Å². The van der Waals surface area contributed by atoms with Crippen LogP contribution >= 0.6 is 0 Å². The fourth-order valence-electron chi connectivity index (χ4n) is 2.27. The minimum absolute atomic E-state index is 0.0287. The van der Waals surface area contributed by atoms with Crippen LogP contribution in [-0.4, -0.2) is 33.7 Å². The van der Waals surface area contributed by atoms with Crippen molar-refractivity contribution in [3.63, 3.8) is 0 Å². The van der Waals surface area contributed by atoms with E-state index in [1.54, 1.807) is 16.6 Å². The van der Waals surface area contributed by atoms with Gasteiger partial charge in [-0.3, -0.25) is 9.48 Å². The molecule has 0 spiro atoms. The number of nitrogens with two attached hydrogens (primary N) is 1. The molecule has 21 heavy (non-hydrogen) atoms. The summed E-state index contributed by atoms with van der Waals surface area (Å²) in [6.45, 7) is 3.55. The van der Waals surface area contributed by atoms with E-state index < -0.39 is 0 Å². The van der Waals surface area contributed by atoms with E-state index in [1.807, 2.05) is 43.3 Å². The summed E-state index contributed by atoms with van der Waals surface area (Å²) in [5, 5.41) is 4.34. The standard InChI is InChI=1S/C16H22N4O/c1-3-14-11-15(19(2)18-14)16(21)20(10-9-17)12-13-7-5-4-6-8-13/h4-8,11H,3,9-10,12,17H2,1-2H3. The van der Waals surface area contributed by atoms with Crippen LogP contribution in [0.2, 0.25) is 0 Å². The number of nitrogens with zero attached hydrogens (tertiary/aromatic N) is 3. The number of hydrogen-bond donors (Lipinski definition) is 1. The monoisotopic (exact) mass is 286 g/mol. The Morgan fingerprint density at radius 1 is 1.33 bits per heavy atom. The van der Waals surface area contributed by atoms with Crippen LogP contribution in [0.5, 0.6) is 0 Å². The number of aromatic nitrogens is 2. The fraction of sp³-hybridized carbons (Fsp3) is 0.375. The van der Waals surface area contributed by atoms with Gasteiger partial charge in [0.25, 0.3) is 5.91 Å². The summed E-state index contributed by atoms with van der Waals surface area (Å²) >= 11 is 0. The molecule has 0 radical (unpaired) electrons. The smallest absolute Gasteiger partial charge is 0.272 e. The number of aryl methyl sites for hydroxylation is 2. The van der Waals surface area contributed by atoms with Gasteiger partial charge in [-0.05, 0) is 18.1 Å². The summed E-state index contributed by atoms with van der Waals surface area (Å²) in [7, 11) is 1.80. The molecule has 1 amide bonds. The zero-order chi connectivity index (χ0) is 15.2. The van der Waals surface area contributed by atoms with E-state index in [4.69, 9.17) is 5.73 Å². The largest absolute Gasteiger partial charge is 0.332 e. The minimum atomic E-state index is -0.0287. The van der Waals surface area contributed by atoms with Crippen molar-refractivity contribution >= 4 is 5.91 Å². The highest BCUT2D eigenvalue weighted by atomic mass is 16.2. The van der Waals surface area contributed by atoms with Gasteiger partial charge >= 0.3 is 0 Å². The van der Waals surface area contributed by atoms with Crippen molar-refractivity contribution in [3.05, 3.63) is 53.3 Å². The Morgan fingerprint density at radius 3 is 2.62 bits per heavy atom. The first-order valence-corrected chi connectivity index (χ1v) is 7.22.